The number of carboxylic acids is 3. The molecule has 2 aliphatic carbocycles. The summed E-state index contributed by atoms with van der Waals surface area (Å²) in [5, 5.41) is 40.8. The topological polar surface area (TPSA) is 239 Å². The molecule has 4 aromatic rings. The first kappa shape index (κ1) is 32.8. The van der Waals surface area contributed by atoms with Crippen molar-refractivity contribution in [1.29, 1.82) is 0 Å². The van der Waals surface area contributed by atoms with Gasteiger partial charge in [0.25, 0.3) is 0 Å². The number of carboxylic acid groups (broad SMARTS) is 3. The zero-order chi connectivity index (χ0) is 31.7. The maximum absolute atomic E-state index is 10.3. The fraction of sp³-hybridized carbons (Fsp3) is 0.406. The van der Waals surface area contributed by atoms with Crippen molar-refractivity contribution in [2.45, 2.75) is 55.0 Å². The number of piperidine rings is 2. The van der Waals surface area contributed by atoms with Crippen LogP contribution in [0.15, 0.2) is 49.1 Å². The van der Waals surface area contributed by atoms with Gasteiger partial charge in [-0.2, -0.15) is 0 Å². The number of nitrogens with one attached hydrogen (secondary N) is 2. The van der Waals surface area contributed by atoms with Crippen LogP contribution in [0, 0.1) is 0 Å². The lowest BCUT2D eigenvalue weighted by Crippen LogP contribution is -2.42. The zero-order valence-corrected chi connectivity index (χ0v) is 24.9. The number of aromatic nitrogens is 4. The highest BCUT2D eigenvalue weighted by molar-refractivity contribution is 5.88. The third kappa shape index (κ3) is 6.65. The van der Waals surface area contributed by atoms with Gasteiger partial charge in [0.05, 0.1) is 34.9 Å². The monoisotopic (exact) mass is 632 g/mol. The first-order valence-electron chi connectivity index (χ1n) is 14.9. The van der Waals surface area contributed by atoms with Gasteiger partial charge < -0.3 is 36.5 Å². The largest absolute Gasteiger partial charge is 0.481 e. The van der Waals surface area contributed by atoms with Gasteiger partial charge in [-0.3, -0.25) is 29.5 Å². The second-order valence-electron chi connectivity index (χ2n) is 12.1. The summed E-state index contributed by atoms with van der Waals surface area (Å²) in [6.07, 6.45) is 7.41. The van der Waals surface area contributed by atoms with Gasteiger partial charge in [0.2, 0.25) is 0 Å². The van der Waals surface area contributed by atoms with E-state index in [1.165, 1.54) is 35.1 Å². The maximum Gasteiger partial charge on any atom is 0.336 e. The fourth-order valence-corrected chi connectivity index (χ4v) is 7.05. The van der Waals surface area contributed by atoms with Crippen LogP contribution in [0.4, 0.5) is 0 Å². The van der Waals surface area contributed by atoms with Gasteiger partial charge in [0.1, 0.15) is 0 Å². The van der Waals surface area contributed by atoms with E-state index in [9.17, 15) is 14.4 Å². The molecule has 4 heterocycles. The second kappa shape index (κ2) is 13.4. The van der Waals surface area contributed by atoms with E-state index in [0.29, 0.717) is 23.7 Å². The molecule has 2 aromatic carbocycles. The Balaban J connectivity index is 0.000000136. The molecule has 4 aliphatic rings. The normalized spacial score (nSPS) is 21.8. The quantitative estimate of drug-likeness (QED) is 0.183. The number of aliphatic carboxylic acids is 3. The molecular formula is C32H36N6O8. The average Bonchev–Trinajstić information content (AvgIpc) is 3.40. The summed E-state index contributed by atoms with van der Waals surface area (Å²) >= 11 is 0. The van der Waals surface area contributed by atoms with Crippen molar-refractivity contribution in [3.05, 3.63) is 71.3 Å². The highest BCUT2D eigenvalue weighted by Crippen LogP contribution is 2.45. The standard InChI is InChI=1S/2C13H13N3.C6H8O7.H2O/c2*1-2-16-13-5-11-9-3-8(6-14-7-9)10(11)4-12(13)15-1;7-3(8)1-6(13,5(11)12)2-4(9)10;/h2*1-2,4-5,8-9,14H,3,6-7H2;13H,1-2H2,(H,7,8)(H,9,10)(H,11,12);1H2. The van der Waals surface area contributed by atoms with Gasteiger partial charge in [-0.25, -0.2) is 4.79 Å². The van der Waals surface area contributed by atoms with Crippen LogP contribution in [0.3, 0.4) is 0 Å². The Bertz CT molecular complexity index is 1570. The van der Waals surface area contributed by atoms with Crippen LogP contribution in [0.1, 0.15) is 71.6 Å². The molecule has 4 bridgehead atoms. The third-order valence-electron chi connectivity index (χ3n) is 9.09. The minimum atomic E-state index is -2.74. The van der Waals surface area contributed by atoms with Crippen molar-refractivity contribution in [2.24, 2.45) is 0 Å². The molecular weight excluding hydrogens is 596 g/mol. The van der Waals surface area contributed by atoms with Gasteiger partial charge in [-0.05, 0) is 83.0 Å². The van der Waals surface area contributed by atoms with Crippen LogP contribution in [-0.4, -0.2) is 95.5 Å². The minimum absolute atomic E-state index is 0. The minimum Gasteiger partial charge on any atom is -0.481 e. The number of fused-ring (bicyclic) bond motifs is 12. The Labute approximate surface area is 263 Å². The molecule has 2 aromatic heterocycles. The summed E-state index contributed by atoms with van der Waals surface area (Å²) in [6.45, 7) is 4.48. The molecule has 0 radical (unpaired) electrons. The molecule has 2 saturated heterocycles. The summed E-state index contributed by atoms with van der Waals surface area (Å²) in [5.74, 6) is -2.24. The number of hydrogen-bond donors (Lipinski definition) is 6. The van der Waals surface area contributed by atoms with Gasteiger partial charge in [0.15, 0.2) is 5.60 Å². The van der Waals surface area contributed by atoms with Crippen LogP contribution in [0.2, 0.25) is 0 Å². The molecule has 0 saturated carbocycles. The van der Waals surface area contributed by atoms with Crippen molar-refractivity contribution in [1.82, 2.24) is 30.6 Å². The lowest BCUT2D eigenvalue weighted by atomic mass is 9.96. The number of hydrogen-bond acceptors (Lipinski definition) is 10. The highest BCUT2D eigenvalue weighted by Gasteiger charge is 2.41. The van der Waals surface area contributed by atoms with Gasteiger partial charge in [-0.1, -0.05) is 0 Å². The molecule has 46 heavy (non-hydrogen) atoms. The Morgan fingerprint density at radius 2 is 0.891 bits per heavy atom. The van der Waals surface area contributed by atoms with Crippen LogP contribution < -0.4 is 10.6 Å². The molecule has 242 valence electrons. The molecule has 2 fully saturated rings. The number of carbonyl (C=O) groups is 3. The van der Waals surface area contributed by atoms with Crippen LogP contribution >= 0.6 is 0 Å². The number of aliphatic hydroxyl groups is 1. The van der Waals surface area contributed by atoms with Gasteiger partial charge >= 0.3 is 17.9 Å². The van der Waals surface area contributed by atoms with E-state index < -0.39 is 36.4 Å². The predicted molar refractivity (Wildman–Crippen MR) is 166 cm³/mol. The van der Waals surface area contributed by atoms with Crippen molar-refractivity contribution in [3.63, 3.8) is 0 Å². The van der Waals surface area contributed by atoms with E-state index >= 15 is 0 Å². The molecule has 4 unspecified atom stereocenters. The van der Waals surface area contributed by atoms with E-state index in [2.05, 4.69) is 54.8 Å². The lowest BCUT2D eigenvalue weighted by molar-refractivity contribution is -0.170. The smallest absolute Gasteiger partial charge is 0.336 e. The fourth-order valence-electron chi connectivity index (χ4n) is 7.05. The number of benzene rings is 2. The second-order valence-corrected chi connectivity index (χ2v) is 12.1. The highest BCUT2D eigenvalue weighted by atomic mass is 16.4. The van der Waals surface area contributed by atoms with Crippen molar-refractivity contribution < 1.29 is 40.3 Å². The number of rotatable bonds is 5. The molecule has 14 heteroatoms. The van der Waals surface area contributed by atoms with E-state index in [4.69, 9.17) is 20.4 Å². The average molecular weight is 633 g/mol. The van der Waals surface area contributed by atoms with Crippen molar-refractivity contribution >= 4 is 40.0 Å². The Hall–Kier alpha value is -4.63. The Morgan fingerprint density at radius 3 is 1.13 bits per heavy atom. The number of nitrogens with zero attached hydrogens (tertiary/aromatic N) is 4. The van der Waals surface area contributed by atoms with Crippen LogP contribution in [-0.2, 0) is 14.4 Å². The third-order valence-corrected chi connectivity index (χ3v) is 9.09. The molecule has 8 N–H and O–H groups in total. The van der Waals surface area contributed by atoms with Crippen molar-refractivity contribution in [3.8, 4) is 0 Å². The summed E-state index contributed by atoms with van der Waals surface area (Å²) in [4.78, 5) is 48.0. The summed E-state index contributed by atoms with van der Waals surface area (Å²) in [6, 6.07) is 8.98. The Morgan fingerprint density at radius 1 is 0.609 bits per heavy atom. The molecule has 2 aliphatic heterocycles. The van der Waals surface area contributed by atoms with Crippen LogP contribution in [0.25, 0.3) is 22.1 Å². The maximum atomic E-state index is 10.3. The molecule has 8 rings (SSSR count). The molecule has 0 amide bonds. The zero-order valence-electron chi connectivity index (χ0n) is 24.9. The van der Waals surface area contributed by atoms with Gasteiger partial charge in [0, 0.05) is 51.0 Å². The van der Waals surface area contributed by atoms with Crippen LogP contribution in [0.5, 0.6) is 0 Å². The Kier molecular flexibility index (Phi) is 9.53. The molecule has 4 atom stereocenters. The first-order valence-corrected chi connectivity index (χ1v) is 14.9. The van der Waals surface area contributed by atoms with E-state index in [0.717, 1.165) is 48.2 Å². The molecule has 0 spiro atoms. The summed E-state index contributed by atoms with van der Waals surface area (Å²) < 4.78 is 0. The summed E-state index contributed by atoms with van der Waals surface area (Å²) in [7, 11) is 0. The lowest BCUT2D eigenvalue weighted by Gasteiger charge is -2.19. The van der Waals surface area contributed by atoms with Crippen molar-refractivity contribution in [2.75, 3.05) is 26.2 Å². The van der Waals surface area contributed by atoms with E-state index in [1.54, 1.807) is 24.8 Å². The van der Waals surface area contributed by atoms with Gasteiger partial charge in [-0.15, -0.1) is 0 Å². The first-order chi connectivity index (χ1) is 21.6. The molecule has 14 nitrogen and oxygen atoms in total. The van der Waals surface area contributed by atoms with E-state index in [-0.39, 0.29) is 5.48 Å². The SMILES string of the molecule is O.O=C(O)CC(O)(CC(=O)O)C(=O)O.c1cnc2cc3c(cc2n1)C1CNCC3C1.c1cnc2cc3c(cc2n1)C1CNCC3C1. The predicted octanol–water partition coefficient (Wildman–Crippen LogP) is 1.53. The van der Waals surface area contributed by atoms with E-state index in [1.807, 2.05) is 0 Å². The summed E-state index contributed by atoms with van der Waals surface area (Å²) in [5.41, 5.74) is 7.42.